The van der Waals surface area contributed by atoms with E-state index in [-0.39, 0.29) is 5.91 Å². The molecule has 0 aliphatic heterocycles. The number of nitrogens with zero attached hydrogens (tertiary/aromatic N) is 2. The van der Waals surface area contributed by atoms with Crippen LogP contribution < -0.4 is 5.32 Å². The lowest BCUT2D eigenvalue weighted by atomic mass is 10.3. The average Bonchev–Trinajstić information content (AvgIpc) is 2.46. The van der Waals surface area contributed by atoms with Crippen molar-refractivity contribution in [1.82, 2.24) is 15.1 Å². The highest BCUT2D eigenvalue weighted by Gasteiger charge is 2.10. The number of aryl methyl sites for hydroxylation is 2. The minimum absolute atomic E-state index is 0.195. The summed E-state index contributed by atoms with van der Waals surface area (Å²) in [6, 6.07) is 1.73. The maximum absolute atomic E-state index is 11.5. The van der Waals surface area contributed by atoms with E-state index in [0.29, 0.717) is 18.7 Å². The number of aliphatic hydroxyl groups is 1. The fraction of sp³-hybridized carbons (Fsp3) is 0.600. The van der Waals surface area contributed by atoms with Gasteiger partial charge in [0.1, 0.15) is 5.69 Å². The number of hydrogen-bond acceptors (Lipinski definition) is 3. The molecule has 0 aliphatic rings. The van der Waals surface area contributed by atoms with E-state index in [1.54, 1.807) is 24.7 Å². The summed E-state index contributed by atoms with van der Waals surface area (Å²) in [4.78, 5) is 11.5. The van der Waals surface area contributed by atoms with Crippen LogP contribution in [0.25, 0.3) is 0 Å². The Kier molecular flexibility index (Phi) is 3.85. The van der Waals surface area contributed by atoms with Gasteiger partial charge >= 0.3 is 0 Å². The van der Waals surface area contributed by atoms with Crippen LogP contribution in [0.2, 0.25) is 0 Å². The van der Waals surface area contributed by atoms with Crippen LogP contribution in [0.5, 0.6) is 0 Å². The molecule has 0 aromatic carbocycles. The Morgan fingerprint density at radius 2 is 2.40 bits per heavy atom. The number of amides is 1. The van der Waals surface area contributed by atoms with Gasteiger partial charge < -0.3 is 10.4 Å². The molecule has 5 nitrogen and oxygen atoms in total. The molecular weight excluding hydrogens is 194 g/mol. The molecule has 0 saturated carbocycles. The fourth-order valence-electron chi connectivity index (χ4n) is 1.16. The third-order valence-electron chi connectivity index (χ3n) is 2.19. The third-order valence-corrected chi connectivity index (χ3v) is 2.19. The van der Waals surface area contributed by atoms with Crippen molar-refractivity contribution in [2.24, 2.45) is 7.05 Å². The normalized spacial score (nSPS) is 12.5. The molecule has 0 bridgehead atoms. The Labute approximate surface area is 89.1 Å². The molecule has 1 aromatic heterocycles. The predicted molar refractivity (Wildman–Crippen MR) is 56.6 cm³/mol. The molecule has 15 heavy (non-hydrogen) atoms. The second-order valence-electron chi connectivity index (χ2n) is 3.69. The van der Waals surface area contributed by atoms with Gasteiger partial charge in [0.2, 0.25) is 0 Å². The molecule has 84 valence electrons. The molecule has 1 aromatic rings. The molecule has 0 radical (unpaired) electrons. The molecule has 1 amide bonds. The third kappa shape index (κ3) is 3.36. The van der Waals surface area contributed by atoms with Crippen LogP contribution >= 0.6 is 0 Å². The number of carbonyl (C=O) groups excluding carboxylic acids is 1. The summed E-state index contributed by atoms with van der Waals surface area (Å²) in [7, 11) is 1.79. The monoisotopic (exact) mass is 211 g/mol. The van der Waals surface area contributed by atoms with Crippen LogP contribution in [0.1, 0.15) is 29.5 Å². The Morgan fingerprint density at radius 3 is 2.87 bits per heavy atom. The van der Waals surface area contributed by atoms with Gasteiger partial charge in [-0.1, -0.05) is 0 Å². The van der Waals surface area contributed by atoms with E-state index in [0.717, 1.165) is 5.69 Å². The maximum Gasteiger partial charge on any atom is 0.271 e. The summed E-state index contributed by atoms with van der Waals surface area (Å²) < 4.78 is 1.66. The van der Waals surface area contributed by atoms with Gasteiger partial charge in [0, 0.05) is 19.3 Å². The molecule has 0 fully saturated rings. The van der Waals surface area contributed by atoms with Crippen LogP contribution in [0.3, 0.4) is 0 Å². The quantitative estimate of drug-likeness (QED) is 0.749. The topological polar surface area (TPSA) is 67.2 Å². The minimum atomic E-state index is -0.393. The number of carbonyl (C=O) groups is 1. The van der Waals surface area contributed by atoms with Crippen molar-refractivity contribution in [3.63, 3.8) is 0 Å². The molecule has 1 rings (SSSR count). The van der Waals surface area contributed by atoms with Crippen LogP contribution in [0.15, 0.2) is 6.07 Å². The molecule has 1 unspecified atom stereocenters. The number of aromatic nitrogens is 2. The fourth-order valence-corrected chi connectivity index (χ4v) is 1.16. The highest BCUT2D eigenvalue weighted by molar-refractivity contribution is 5.92. The van der Waals surface area contributed by atoms with E-state index in [9.17, 15) is 4.79 Å². The number of nitrogens with one attached hydrogen (secondary N) is 1. The van der Waals surface area contributed by atoms with Crippen molar-refractivity contribution in [3.8, 4) is 0 Å². The Morgan fingerprint density at radius 1 is 1.73 bits per heavy atom. The molecule has 0 spiro atoms. The standard InChI is InChI=1S/C10H17N3O2/c1-7-6-9(12-13(7)3)10(15)11-5-4-8(2)14/h6,8,14H,4-5H2,1-3H3,(H,11,15). The van der Waals surface area contributed by atoms with E-state index in [2.05, 4.69) is 10.4 Å². The second kappa shape index (κ2) is 4.93. The molecule has 1 heterocycles. The van der Waals surface area contributed by atoms with Gasteiger partial charge in [-0.05, 0) is 26.3 Å². The van der Waals surface area contributed by atoms with Crippen LogP contribution in [0, 0.1) is 6.92 Å². The van der Waals surface area contributed by atoms with E-state index in [1.165, 1.54) is 0 Å². The van der Waals surface area contributed by atoms with E-state index in [1.807, 2.05) is 6.92 Å². The Bertz CT molecular complexity index is 325. The van der Waals surface area contributed by atoms with Gasteiger partial charge in [0.05, 0.1) is 6.10 Å². The van der Waals surface area contributed by atoms with Crippen molar-refractivity contribution >= 4 is 5.91 Å². The highest BCUT2D eigenvalue weighted by atomic mass is 16.3. The average molecular weight is 211 g/mol. The summed E-state index contributed by atoms with van der Waals surface area (Å²) in [6.45, 7) is 4.04. The predicted octanol–water partition coefficient (Wildman–Crippen LogP) is 0.229. The lowest BCUT2D eigenvalue weighted by Gasteiger charge is -2.04. The first-order valence-electron chi connectivity index (χ1n) is 4.97. The van der Waals surface area contributed by atoms with Crippen molar-refractivity contribution in [2.75, 3.05) is 6.54 Å². The summed E-state index contributed by atoms with van der Waals surface area (Å²) in [5.41, 5.74) is 1.36. The van der Waals surface area contributed by atoms with Gasteiger partial charge in [-0.2, -0.15) is 5.10 Å². The zero-order valence-corrected chi connectivity index (χ0v) is 9.32. The van der Waals surface area contributed by atoms with Gasteiger partial charge in [-0.25, -0.2) is 0 Å². The first-order chi connectivity index (χ1) is 7.00. The lowest BCUT2D eigenvalue weighted by molar-refractivity contribution is 0.0940. The molecule has 0 aliphatic carbocycles. The maximum atomic E-state index is 11.5. The molecule has 2 N–H and O–H groups in total. The van der Waals surface area contributed by atoms with Gasteiger partial charge in [-0.3, -0.25) is 9.48 Å². The molecule has 1 atom stereocenters. The molecule has 0 saturated heterocycles. The van der Waals surface area contributed by atoms with Crippen molar-refractivity contribution in [2.45, 2.75) is 26.4 Å². The van der Waals surface area contributed by atoms with Gasteiger partial charge in [0.15, 0.2) is 0 Å². The van der Waals surface area contributed by atoms with Crippen molar-refractivity contribution in [1.29, 1.82) is 0 Å². The second-order valence-corrected chi connectivity index (χ2v) is 3.69. The summed E-state index contributed by atoms with van der Waals surface area (Å²) in [5.74, 6) is -0.195. The number of hydrogen-bond donors (Lipinski definition) is 2. The number of rotatable bonds is 4. The minimum Gasteiger partial charge on any atom is -0.393 e. The zero-order chi connectivity index (χ0) is 11.4. The van der Waals surface area contributed by atoms with Crippen LogP contribution in [-0.2, 0) is 7.05 Å². The summed E-state index contributed by atoms with van der Waals surface area (Å²) in [6.07, 6.45) is 0.160. The Hall–Kier alpha value is -1.36. The van der Waals surface area contributed by atoms with Gasteiger partial charge in [-0.15, -0.1) is 0 Å². The number of aliphatic hydroxyl groups excluding tert-OH is 1. The highest BCUT2D eigenvalue weighted by Crippen LogP contribution is 2.00. The van der Waals surface area contributed by atoms with E-state index >= 15 is 0 Å². The van der Waals surface area contributed by atoms with E-state index in [4.69, 9.17) is 5.11 Å². The van der Waals surface area contributed by atoms with Crippen molar-refractivity contribution < 1.29 is 9.90 Å². The SMILES string of the molecule is Cc1cc(C(=O)NCCC(C)O)nn1C. The lowest BCUT2D eigenvalue weighted by Crippen LogP contribution is -2.26. The largest absolute Gasteiger partial charge is 0.393 e. The molecular formula is C10H17N3O2. The summed E-state index contributed by atoms with van der Waals surface area (Å²) in [5, 5.41) is 15.8. The zero-order valence-electron chi connectivity index (χ0n) is 9.32. The van der Waals surface area contributed by atoms with E-state index < -0.39 is 6.10 Å². The van der Waals surface area contributed by atoms with Crippen LogP contribution in [-0.4, -0.2) is 33.4 Å². The smallest absolute Gasteiger partial charge is 0.271 e. The first kappa shape index (κ1) is 11.7. The molecule has 5 heteroatoms. The van der Waals surface area contributed by atoms with Crippen LogP contribution in [0.4, 0.5) is 0 Å². The first-order valence-corrected chi connectivity index (χ1v) is 4.97. The summed E-state index contributed by atoms with van der Waals surface area (Å²) >= 11 is 0. The van der Waals surface area contributed by atoms with Gasteiger partial charge in [0.25, 0.3) is 5.91 Å². The Balaban J connectivity index is 2.47. The van der Waals surface area contributed by atoms with Crippen molar-refractivity contribution in [3.05, 3.63) is 17.5 Å².